The van der Waals surface area contributed by atoms with Crippen LogP contribution in [0, 0.1) is 0 Å². The molecule has 2 N–H and O–H groups in total. The van der Waals surface area contributed by atoms with Gasteiger partial charge in [0.15, 0.2) is 5.82 Å². The Morgan fingerprint density at radius 2 is 2.50 bits per heavy atom. The monoisotopic (exact) mass is 227 g/mol. The third kappa shape index (κ3) is 1.76. The van der Waals surface area contributed by atoms with Gasteiger partial charge in [-0.05, 0) is 17.7 Å². The van der Waals surface area contributed by atoms with Crippen LogP contribution in [0.5, 0.6) is 0 Å². The minimum atomic E-state index is 0.515. The number of rotatable bonds is 3. The molecule has 0 aromatic carbocycles. The zero-order valence-corrected chi connectivity index (χ0v) is 9.19. The fourth-order valence-electron chi connectivity index (χ4n) is 1.03. The Labute approximate surface area is 89.5 Å². The highest BCUT2D eigenvalue weighted by molar-refractivity contribution is 7.97. The van der Waals surface area contributed by atoms with Crippen LogP contribution >= 0.6 is 23.1 Å². The largest absolute Gasteiger partial charge is 0.397 e. The van der Waals surface area contributed by atoms with Gasteiger partial charge in [-0.2, -0.15) is 16.7 Å². The summed E-state index contributed by atoms with van der Waals surface area (Å²) in [6.45, 7) is 0. The molecule has 0 saturated carbocycles. The molecule has 0 unspecified atom stereocenters. The molecule has 2 heterocycles. The number of nitrogens with zero attached hydrogens (tertiary/aromatic N) is 2. The molecule has 6 heteroatoms. The van der Waals surface area contributed by atoms with Crippen molar-refractivity contribution in [3.63, 3.8) is 0 Å². The summed E-state index contributed by atoms with van der Waals surface area (Å²) in [5.41, 5.74) is 6.42. The second kappa shape index (κ2) is 4.02. The molecule has 0 aliphatic rings. The third-order valence-electron chi connectivity index (χ3n) is 1.63. The van der Waals surface area contributed by atoms with Crippen LogP contribution in [0.15, 0.2) is 16.0 Å². The number of hydrogen-bond acceptors (Lipinski definition) is 6. The molecular formula is C8H9N3OS2. The second-order valence-electron chi connectivity index (χ2n) is 2.65. The Balaban J connectivity index is 2.29. The van der Waals surface area contributed by atoms with E-state index < -0.39 is 0 Å². The average Bonchev–Trinajstić information content (AvgIpc) is 2.74. The highest BCUT2D eigenvalue weighted by Gasteiger charge is 2.12. The van der Waals surface area contributed by atoms with Gasteiger partial charge in [0, 0.05) is 0 Å². The van der Waals surface area contributed by atoms with Crippen molar-refractivity contribution in [2.45, 2.75) is 5.75 Å². The zero-order chi connectivity index (χ0) is 9.97. The molecule has 0 bridgehead atoms. The Kier molecular flexibility index (Phi) is 2.74. The highest BCUT2D eigenvalue weighted by atomic mass is 32.2. The molecule has 0 aliphatic carbocycles. The molecule has 2 aromatic rings. The zero-order valence-electron chi connectivity index (χ0n) is 7.56. The van der Waals surface area contributed by atoms with Gasteiger partial charge in [0.2, 0.25) is 0 Å². The number of thioether (sulfide) groups is 1. The van der Waals surface area contributed by atoms with E-state index in [0.29, 0.717) is 17.4 Å². The van der Waals surface area contributed by atoms with Gasteiger partial charge >= 0.3 is 0 Å². The first-order valence-electron chi connectivity index (χ1n) is 3.96. The normalized spacial score (nSPS) is 10.6. The maximum Gasteiger partial charge on any atom is 0.270 e. The van der Waals surface area contributed by atoms with Crippen molar-refractivity contribution in [2.75, 3.05) is 12.0 Å². The summed E-state index contributed by atoms with van der Waals surface area (Å²) in [7, 11) is 0. The van der Waals surface area contributed by atoms with Crippen molar-refractivity contribution < 1.29 is 4.52 Å². The van der Waals surface area contributed by atoms with Gasteiger partial charge in [-0.25, -0.2) is 0 Å². The summed E-state index contributed by atoms with van der Waals surface area (Å²) >= 11 is 3.16. The van der Waals surface area contributed by atoms with Crippen molar-refractivity contribution >= 4 is 28.8 Å². The van der Waals surface area contributed by atoms with Crippen molar-refractivity contribution in [1.29, 1.82) is 0 Å². The molecule has 0 amide bonds. The standard InChI is InChI=1S/C8H9N3OS2/c1-13-4-6-10-8(12-11-6)7-5(9)2-3-14-7/h2-3H,4,9H2,1H3. The molecule has 0 atom stereocenters. The molecule has 0 fully saturated rings. The van der Waals surface area contributed by atoms with E-state index in [9.17, 15) is 0 Å². The molecule has 0 saturated heterocycles. The summed E-state index contributed by atoms with van der Waals surface area (Å²) in [6, 6.07) is 1.83. The van der Waals surface area contributed by atoms with E-state index >= 15 is 0 Å². The van der Waals surface area contributed by atoms with E-state index in [0.717, 1.165) is 10.6 Å². The number of thiophene rings is 1. The van der Waals surface area contributed by atoms with Gasteiger partial charge < -0.3 is 10.3 Å². The quantitative estimate of drug-likeness (QED) is 0.871. The number of anilines is 1. The van der Waals surface area contributed by atoms with Crippen molar-refractivity contribution in [1.82, 2.24) is 10.1 Å². The Morgan fingerprint density at radius 3 is 3.14 bits per heavy atom. The molecule has 2 aromatic heterocycles. The lowest BCUT2D eigenvalue weighted by Crippen LogP contribution is -1.85. The maximum atomic E-state index is 5.73. The van der Waals surface area contributed by atoms with Crippen LogP contribution in [0.3, 0.4) is 0 Å². The molecule has 4 nitrogen and oxygen atoms in total. The first-order valence-corrected chi connectivity index (χ1v) is 6.23. The van der Waals surface area contributed by atoms with Crippen LogP contribution in [0.4, 0.5) is 5.69 Å². The molecule has 0 radical (unpaired) electrons. The van der Waals surface area contributed by atoms with Crippen molar-refractivity contribution in [2.24, 2.45) is 0 Å². The van der Waals surface area contributed by atoms with Gasteiger partial charge in [-0.15, -0.1) is 11.3 Å². The Morgan fingerprint density at radius 1 is 1.64 bits per heavy atom. The molecule has 0 spiro atoms. The van der Waals surface area contributed by atoms with E-state index in [1.807, 2.05) is 17.7 Å². The van der Waals surface area contributed by atoms with Crippen LogP contribution in [-0.2, 0) is 5.75 Å². The molecule has 74 valence electrons. The van der Waals surface area contributed by atoms with Crippen LogP contribution in [0.2, 0.25) is 0 Å². The lowest BCUT2D eigenvalue weighted by molar-refractivity contribution is 0.426. The SMILES string of the molecule is CSCc1noc(-c2sccc2N)n1. The predicted octanol–water partition coefficient (Wildman–Crippen LogP) is 2.24. The minimum absolute atomic E-state index is 0.515. The summed E-state index contributed by atoms with van der Waals surface area (Å²) in [5, 5.41) is 5.75. The lowest BCUT2D eigenvalue weighted by Gasteiger charge is -1.88. The molecular weight excluding hydrogens is 218 g/mol. The summed E-state index contributed by atoms with van der Waals surface area (Å²) < 4.78 is 5.10. The summed E-state index contributed by atoms with van der Waals surface area (Å²) in [6.07, 6.45) is 2.00. The van der Waals surface area contributed by atoms with Gasteiger partial charge in [0.05, 0.1) is 11.4 Å². The Bertz CT molecular complexity index is 424. The highest BCUT2D eigenvalue weighted by Crippen LogP contribution is 2.30. The van der Waals surface area contributed by atoms with Gasteiger partial charge in [-0.3, -0.25) is 0 Å². The molecule has 14 heavy (non-hydrogen) atoms. The second-order valence-corrected chi connectivity index (χ2v) is 4.44. The number of nitrogens with two attached hydrogens (primary N) is 1. The fourth-order valence-corrected chi connectivity index (χ4v) is 2.14. The van der Waals surface area contributed by atoms with Gasteiger partial charge in [0.1, 0.15) is 4.88 Å². The fraction of sp³-hybridized carbons (Fsp3) is 0.250. The van der Waals surface area contributed by atoms with E-state index in [2.05, 4.69) is 10.1 Å². The van der Waals surface area contributed by atoms with Crippen LogP contribution < -0.4 is 5.73 Å². The molecule has 0 aliphatic heterocycles. The first-order chi connectivity index (χ1) is 6.81. The lowest BCUT2D eigenvalue weighted by atomic mass is 10.4. The van der Waals surface area contributed by atoms with Crippen molar-refractivity contribution in [3.05, 3.63) is 17.3 Å². The van der Waals surface area contributed by atoms with E-state index in [1.165, 1.54) is 11.3 Å². The number of nitrogen functional groups attached to an aromatic ring is 1. The predicted molar refractivity (Wildman–Crippen MR) is 59.2 cm³/mol. The molecule has 2 rings (SSSR count). The first kappa shape index (κ1) is 9.54. The summed E-state index contributed by atoms with van der Waals surface area (Å²) in [4.78, 5) is 5.09. The van der Waals surface area contributed by atoms with Crippen LogP contribution in [0.25, 0.3) is 10.8 Å². The average molecular weight is 227 g/mol. The number of aromatic nitrogens is 2. The summed E-state index contributed by atoms with van der Waals surface area (Å²) in [5.74, 6) is 1.98. The Hall–Kier alpha value is -1.01. The number of hydrogen-bond donors (Lipinski definition) is 1. The van der Waals surface area contributed by atoms with E-state index in [4.69, 9.17) is 10.3 Å². The smallest absolute Gasteiger partial charge is 0.270 e. The van der Waals surface area contributed by atoms with Crippen LogP contribution in [-0.4, -0.2) is 16.4 Å². The maximum absolute atomic E-state index is 5.73. The van der Waals surface area contributed by atoms with E-state index in [-0.39, 0.29) is 0 Å². The van der Waals surface area contributed by atoms with Gasteiger partial charge in [-0.1, -0.05) is 5.16 Å². The van der Waals surface area contributed by atoms with Gasteiger partial charge in [0.25, 0.3) is 5.89 Å². The minimum Gasteiger partial charge on any atom is -0.397 e. The van der Waals surface area contributed by atoms with Crippen LogP contribution in [0.1, 0.15) is 5.82 Å². The van der Waals surface area contributed by atoms with Crippen molar-refractivity contribution in [3.8, 4) is 10.8 Å². The topological polar surface area (TPSA) is 64.9 Å². The third-order valence-corrected chi connectivity index (χ3v) is 3.10. The van der Waals surface area contributed by atoms with E-state index in [1.54, 1.807) is 11.8 Å².